The Morgan fingerprint density at radius 2 is 2.00 bits per heavy atom. The number of ether oxygens (including phenoxy) is 2. The van der Waals surface area contributed by atoms with Crippen molar-refractivity contribution >= 4 is 45.3 Å². The van der Waals surface area contributed by atoms with Crippen LogP contribution < -0.4 is 14.3 Å². The third kappa shape index (κ3) is 3.73. The van der Waals surface area contributed by atoms with Crippen LogP contribution in [-0.2, 0) is 6.54 Å². The van der Waals surface area contributed by atoms with Gasteiger partial charge in [0, 0.05) is 18.0 Å². The van der Waals surface area contributed by atoms with Gasteiger partial charge in [-0.2, -0.15) is 0 Å². The highest BCUT2D eigenvalue weighted by atomic mass is 79.9. The standard InChI is InChI=1S/C18H16N2O2S2.BrH/c1-2-7-20-14(17-4-3-10-23-17)12-24-18(20)19-13-5-6-15-16(11-13)22-9-8-21-15;/h2-6,10-12H,1,7-9H2;1H. The van der Waals surface area contributed by atoms with Crippen LogP contribution in [0.4, 0.5) is 5.69 Å². The summed E-state index contributed by atoms with van der Waals surface area (Å²) in [6.45, 7) is 5.77. The van der Waals surface area contributed by atoms with E-state index < -0.39 is 0 Å². The van der Waals surface area contributed by atoms with Crippen molar-refractivity contribution in [3.05, 3.63) is 58.5 Å². The predicted molar refractivity (Wildman–Crippen MR) is 109 cm³/mol. The van der Waals surface area contributed by atoms with E-state index in [2.05, 4.69) is 34.0 Å². The van der Waals surface area contributed by atoms with E-state index in [0.717, 1.165) is 28.5 Å². The second-order valence-electron chi connectivity index (χ2n) is 5.22. The molecule has 0 aliphatic carbocycles. The zero-order chi connectivity index (χ0) is 16.4. The number of thiophene rings is 1. The van der Waals surface area contributed by atoms with Crippen LogP contribution in [0.3, 0.4) is 0 Å². The molecular weight excluding hydrogens is 420 g/mol. The highest BCUT2D eigenvalue weighted by Crippen LogP contribution is 2.33. The second-order valence-corrected chi connectivity index (χ2v) is 7.00. The van der Waals surface area contributed by atoms with E-state index in [1.165, 1.54) is 10.6 Å². The van der Waals surface area contributed by atoms with Gasteiger partial charge in [0.2, 0.25) is 0 Å². The fraction of sp³-hybridized carbons (Fsp3) is 0.167. The van der Waals surface area contributed by atoms with Crippen molar-refractivity contribution < 1.29 is 9.47 Å². The maximum atomic E-state index is 5.64. The minimum Gasteiger partial charge on any atom is -0.486 e. The number of fused-ring (bicyclic) bond motifs is 1. The molecule has 1 aromatic carbocycles. The monoisotopic (exact) mass is 436 g/mol. The molecule has 0 amide bonds. The van der Waals surface area contributed by atoms with Gasteiger partial charge < -0.3 is 14.0 Å². The van der Waals surface area contributed by atoms with Gasteiger partial charge in [0.05, 0.1) is 16.3 Å². The topological polar surface area (TPSA) is 35.8 Å². The fourth-order valence-electron chi connectivity index (χ4n) is 2.56. The van der Waals surface area contributed by atoms with Gasteiger partial charge in [0.25, 0.3) is 0 Å². The first-order valence-electron chi connectivity index (χ1n) is 7.62. The Kier molecular flexibility index (Phi) is 5.78. The van der Waals surface area contributed by atoms with Crippen molar-refractivity contribution in [2.45, 2.75) is 6.54 Å². The SMILES string of the molecule is Br.C=CCn1c(-c2cccs2)csc1=Nc1ccc2c(c1)OCCO2. The number of hydrogen-bond acceptors (Lipinski definition) is 5. The van der Waals surface area contributed by atoms with E-state index in [1.54, 1.807) is 22.7 Å². The average molecular weight is 437 g/mol. The Morgan fingerprint density at radius 3 is 2.76 bits per heavy atom. The molecule has 0 N–H and O–H groups in total. The first-order valence-corrected chi connectivity index (χ1v) is 9.38. The first kappa shape index (κ1) is 18.0. The smallest absolute Gasteiger partial charge is 0.190 e. The summed E-state index contributed by atoms with van der Waals surface area (Å²) in [6, 6.07) is 9.99. The molecule has 4 rings (SSSR count). The number of allylic oxidation sites excluding steroid dienone is 1. The van der Waals surface area contributed by atoms with E-state index in [9.17, 15) is 0 Å². The molecule has 3 aromatic rings. The maximum absolute atomic E-state index is 5.64. The highest BCUT2D eigenvalue weighted by Gasteiger charge is 2.12. The lowest BCUT2D eigenvalue weighted by atomic mass is 10.2. The molecule has 4 nitrogen and oxygen atoms in total. The molecule has 2 aromatic heterocycles. The fourth-order valence-corrected chi connectivity index (χ4v) is 4.31. The van der Waals surface area contributed by atoms with E-state index in [4.69, 9.17) is 14.5 Å². The van der Waals surface area contributed by atoms with E-state index >= 15 is 0 Å². The molecule has 0 saturated heterocycles. The molecule has 0 spiro atoms. The molecule has 1 aliphatic heterocycles. The normalized spacial score (nSPS) is 13.4. The van der Waals surface area contributed by atoms with Crippen molar-refractivity contribution in [3.8, 4) is 22.1 Å². The molecule has 7 heteroatoms. The minimum atomic E-state index is 0. The lowest BCUT2D eigenvalue weighted by Crippen LogP contribution is -2.15. The zero-order valence-corrected chi connectivity index (χ0v) is 16.7. The molecule has 0 unspecified atom stereocenters. The van der Waals surface area contributed by atoms with E-state index in [0.29, 0.717) is 13.2 Å². The van der Waals surface area contributed by atoms with Gasteiger partial charge in [-0.1, -0.05) is 12.1 Å². The van der Waals surface area contributed by atoms with Gasteiger partial charge in [-0.25, -0.2) is 4.99 Å². The largest absolute Gasteiger partial charge is 0.486 e. The van der Waals surface area contributed by atoms with Crippen LogP contribution in [0.5, 0.6) is 11.5 Å². The molecule has 0 fully saturated rings. The molecule has 0 atom stereocenters. The molecular formula is C18H17BrN2O2S2. The summed E-state index contributed by atoms with van der Waals surface area (Å²) in [4.78, 5) is 6.97. The van der Waals surface area contributed by atoms with Crippen molar-refractivity contribution in [2.75, 3.05) is 13.2 Å². The van der Waals surface area contributed by atoms with Gasteiger partial charge in [0.15, 0.2) is 16.3 Å². The quantitative estimate of drug-likeness (QED) is 0.536. The third-order valence-electron chi connectivity index (χ3n) is 3.63. The number of thiazole rings is 1. The number of hydrogen-bond donors (Lipinski definition) is 0. The number of aromatic nitrogens is 1. The number of rotatable bonds is 4. The predicted octanol–water partition coefficient (Wildman–Crippen LogP) is 5.05. The first-order chi connectivity index (χ1) is 11.8. The van der Waals surface area contributed by atoms with Crippen molar-refractivity contribution in [1.29, 1.82) is 0 Å². The minimum absolute atomic E-state index is 0. The lowest BCUT2D eigenvalue weighted by molar-refractivity contribution is 0.171. The summed E-state index contributed by atoms with van der Waals surface area (Å²) in [5, 5.41) is 4.23. The van der Waals surface area contributed by atoms with Crippen LogP contribution in [0.2, 0.25) is 0 Å². The van der Waals surface area contributed by atoms with Gasteiger partial charge in [-0.05, 0) is 23.6 Å². The maximum Gasteiger partial charge on any atom is 0.190 e. The molecule has 3 heterocycles. The number of halogens is 1. The second kappa shape index (κ2) is 8.03. The summed E-state index contributed by atoms with van der Waals surface area (Å²) in [5.41, 5.74) is 2.03. The lowest BCUT2D eigenvalue weighted by Gasteiger charge is -2.18. The Bertz CT molecular complexity index is 929. The van der Waals surface area contributed by atoms with Crippen LogP contribution in [0.25, 0.3) is 10.6 Å². The summed E-state index contributed by atoms with van der Waals surface area (Å²) < 4.78 is 13.4. The van der Waals surface area contributed by atoms with Crippen LogP contribution >= 0.6 is 39.7 Å². The van der Waals surface area contributed by atoms with Crippen LogP contribution in [0, 0.1) is 0 Å². The van der Waals surface area contributed by atoms with Gasteiger partial charge in [-0.3, -0.25) is 0 Å². The summed E-state index contributed by atoms with van der Waals surface area (Å²) in [5.74, 6) is 1.54. The van der Waals surface area contributed by atoms with E-state index in [1.807, 2.05) is 24.3 Å². The number of nitrogens with zero attached hydrogens (tertiary/aromatic N) is 2. The molecule has 0 saturated carbocycles. The average Bonchev–Trinajstić information content (AvgIpc) is 3.26. The van der Waals surface area contributed by atoms with Gasteiger partial charge >= 0.3 is 0 Å². The van der Waals surface area contributed by atoms with Gasteiger partial charge in [0.1, 0.15) is 13.2 Å². The molecule has 0 bridgehead atoms. The molecule has 0 radical (unpaired) electrons. The van der Waals surface area contributed by atoms with Crippen LogP contribution in [-0.4, -0.2) is 17.8 Å². The third-order valence-corrected chi connectivity index (χ3v) is 5.39. The Labute approximate surface area is 164 Å². The Balaban J connectivity index is 0.00000182. The molecule has 1 aliphatic rings. The Hall–Kier alpha value is -1.83. The van der Waals surface area contributed by atoms with Crippen LogP contribution in [0.1, 0.15) is 0 Å². The Morgan fingerprint density at radius 1 is 1.16 bits per heavy atom. The molecule has 25 heavy (non-hydrogen) atoms. The zero-order valence-electron chi connectivity index (χ0n) is 13.4. The van der Waals surface area contributed by atoms with Gasteiger partial charge in [-0.15, -0.1) is 46.2 Å². The summed E-state index contributed by atoms with van der Waals surface area (Å²) in [6.07, 6.45) is 1.90. The van der Waals surface area contributed by atoms with E-state index in [-0.39, 0.29) is 17.0 Å². The number of benzene rings is 1. The molecule has 130 valence electrons. The van der Waals surface area contributed by atoms with Crippen LogP contribution in [0.15, 0.2) is 58.7 Å². The van der Waals surface area contributed by atoms with Crippen molar-refractivity contribution in [2.24, 2.45) is 4.99 Å². The summed E-state index contributed by atoms with van der Waals surface area (Å²) >= 11 is 3.36. The highest BCUT2D eigenvalue weighted by molar-refractivity contribution is 8.93. The van der Waals surface area contributed by atoms with Crippen molar-refractivity contribution in [3.63, 3.8) is 0 Å². The van der Waals surface area contributed by atoms with Crippen molar-refractivity contribution in [1.82, 2.24) is 4.57 Å². The summed E-state index contributed by atoms with van der Waals surface area (Å²) in [7, 11) is 0.